The molecular formula is C29H27ClFN7O3. The number of carbonyl (C=O) groups excluding carboxylic acids is 2. The molecule has 12 heteroatoms. The standard InChI is InChI=1S/C29H26FN7O3.ClH/c1-29(2,3)25-16-26(37(36-25)18-6-8-22-17(13-18)5-4-11-32-22)35-28(39)34-23-9-7-19(14-21(23)30)40-20-10-12-33-24(15-20)27(31)38;/h4-16H,1-3H3,(H2,31,38)(H2,34,35,39);1H. The molecule has 0 fully saturated rings. The molecule has 0 aliphatic rings. The predicted molar refractivity (Wildman–Crippen MR) is 157 cm³/mol. The summed E-state index contributed by atoms with van der Waals surface area (Å²) in [7, 11) is 0. The van der Waals surface area contributed by atoms with Crippen molar-refractivity contribution in [3.8, 4) is 17.2 Å². The molecule has 41 heavy (non-hydrogen) atoms. The van der Waals surface area contributed by atoms with Gasteiger partial charge in [0.25, 0.3) is 5.91 Å². The molecule has 0 saturated carbocycles. The van der Waals surface area contributed by atoms with Gasteiger partial charge in [0, 0.05) is 41.4 Å². The molecule has 0 aliphatic carbocycles. The van der Waals surface area contributed by atoms with Gasteiger partial charge in [-0.1, -0.05) is 26.8 Å². The summed E-state index contributed by atoms with van der Waals surface area (Å²) in [4.78, 5) is 32.5. The number of primary amides is 1. The maximum Gasteiger partial charge on any atom is 0.324 e. The smallest absolute Gasteiger partial charge is 0.324 e. The second kappa shape index (κ2) is 11.6. The number of pyridine rings is 2. The van der Waals surface area contributed by atoms with E-state index in [4.69, 9.17) is 15.6 Å². The van der Waals surface area contributed by atoms with Crippen molar-refractivity contribution in [3.63, 3.8) is 0 Å². The van der Waals surface area contributed by atoms with Gasteiger partial charge >= 0.3 is 6.03 Å². The molecule has 3 amide bonds. The van der Waals surface area contributed by atoms with Crippen LogP contribution in [0.15, 0.2) is 79.1 Å². The molecule has 4 N–H and O–H groups in total. The summed E-state index contributed by atoms with van der Waals surface area (Å²) in [6.45, 7) is 6.06. The number of halogens is 2. The maximum atomic E-state index is 14.9. The van der Waals surface area contributed by atoms with Crippen LogP contribution in [0.25, 0.3) is 16.6 Å². The van der Waals surface area contributed by atoms with Crippen LogP contribution in [0, 0.1) is 5.82 Å². The largest absolute Gasteiger partial charge is 0.457 e. The summed E-state index contributed by atoms with van der Waals surface area (Å²) < 4.78 is 22.1. The van der Waals surface area contributed by atoms with Crippen molar-refractivity contribution >= 4 is 46.8 Å². The minimum Gasteiger partial charge on any atom is -0.457 e. The van der Waals surface area contributed by atoms with Crippen LogP contribution in [0.1, 0.15) is 37.0 Å². The van der Waals surface area contributed by atoms with Gasteiger partial charge in [0.05, 0.1) is 22.6 Å². The molecule has 0 bridgehead atoms. The average molecular weight is 576 g/mol. The minimum absolute atomic E-state index is 0. The third kappa shape index (κ3) is 6.59. The summed E-state index contributed by atoms with van der Waals surface area (Å²) in [5.41, 5.74) is 7.24. The molecule has 2 aromatic carbocycles. The Kier molecular flexibility index (Phi) is 8.20. The fourth-order valence-corrected chi connectivity index (χ4v) is 3.90. The zero-order valence-corrected chi connectivity index (χ0v) is 23.2. The number of hydrogen-bond acceptors (Lipinski definition) is 6. The summed E-state index contributed by atoms with van der Waals surface area (Å²) in [6.07, 6.45) is 3.08. The van der Waals surface area contributed by atoms with Crippen LogP contribution < -0.4 is 21.1 Å². The van der Waals surface area contributed by atoms with Gasteiger partial charge in [-0.05, 0) is 42.5 Å². The maximum absolute atomic E-state index is 14.9. The van der Waals surface area contributed by atoms with Crippen molar-refractivity contribution in [2.75, 3.05) is 10.6 Å². The number of ether oxygens (including phenoxy) is 1. The second-order valence-corrected chi connectivity index (χ2v) is 10.0. The first-order valence-corrected chi connectivity index (χ1v) is 12.3. The van der Waals surface area contributed by atoms with Gasteiger partial charge in [0.1, 0.15) is 28.8 Å². The Labute approximate surface area is 241 Å². The highest BCUT2D eigenvalue weighted by Gasteiger charge is 2.22. The number of anilines is 2. The lowest BCUT2D eigenvalue weighted by molar-refractivity contribution is 0.0995. The van der Waals surface area contributed by atoms with E-state index in [9.17, 15) is 14.0 Å². The fraction of sp³-hybridized carbons (Fsp3) is 0.138. The zero-order valence-electron chi connectivity index (χ0n) is 22.4. The Morgan fingerprint density at radius 3 is 2.44 bits per heavy atom. The van der Waals surface area contributed by atoms with Crippen molar-refractivity contribution in [2.24, 2.45) is 5.73 Å². The van der Waals surface area contributed by atoms with Crippen molar-refractivity contribution in [1.29, 1.82) is 0 Å². The Morgan fingerprint density at radius 2 is 1.71 bits per heavy atom. The van der Waals surface area contributed by atoms with E-state index in [1.165, 1.54) is 30.5 Å². The number of nitrogens with one attached hydrogen (secondary N) is 2. The number of amides is 3. The highest BCUT2D eigenvalue weighted by atomic mass is 35.5. The van der Waals surface area contributed by atoms with E-state index < -0.39 is 17.8 Å². The molecule has 210 valence electrons. The monoisotopic (exact) mass is 575 g/mol. The number of hydrogen-bond donors (Lipinski definition) is 3. The molecule has 3 heterocycles. The van der Waals surface area contributed by atoms with Crippen LogP contribution in [0.3, 0.4) is 0 Å². The highest BCUT2D eigenvalue weighted by Crippen LogP contribution is 2.29. The third-order valence-electron chi connectivity index (χ3n) is 5.96. The summed E-state index contributed by atoms with van der Waals surface area (Å²) in [5, 5.41) is 11.0. The van der Waals surface area contributed by atoms with Crippen molar-refractivity contribution in [1.82, 2.24) is 19.7 Å². The SMILES string of the molecule is CC(C)(C)c1cc(NC(=O)Nc2ccc(Oc3ccnc(C(N)=O)c3)cc2F)n(-c2ccc3ncccc3c2)n1.Cl. The molecule has 0 atom stereocenters. The van der Waals surface area contributed by atoms with Crippen LogP contribution in [0.4, 0.5) is 20.7 Å². The first-order chi connectivity index (χ1) is 19.1. The van der Waals surface area contributed by atoms with E-state index in [1.807, 2.05) is 51.1 Å². The van der Waals surface area contributed by atoms with Crippen molar-refractivity contribution in [2.45, 2.75) is 26.2 Å². The number of nitrogens with two attached hydrogens (primary N) is 1. The second-order valence-electron chi connectivity index (χ2n) is 10.0. The zero-order chi connectivity index (χ0) is 28.4. The van der Waals surface area contributed by atoms with Crippen LogP contribution in [0.5, 0.6) is 11.5 Å². The number of nitrogens with zero attached hydrogens (tertiary/aromatic N) is 4. The molecule has 0 spiro atoms. The van der Waals surface area contributed by atoms with Crippen LogP contribution in [-0.4, -0.2) is 31.7 Å². The van der Waals surface area contributed by atoms with E-state index in [0.717, 1.165) is 28.4 Å². The average Bonchev–Trinajstić information content (AvgIpc) is 3.34. The molecule has 0 radical (unpaired) electrons. The van der Waals surface area contributed by atoms with Gasteiger partial charge in [-0.15, -0.1) is 12.4 Å². The minimum atomic E-state index is -0.720. The lowest BCUT2D eigenvalue weighted by Crippen LogP contribution is -2.22. The van der Waals surface area contributed by atoms with Crippen LogP contribution in [-0.2, 0) is 5.41 Å². The molecule has 0 saturated heterocycles. The summed E-state index contributed by atoms with van der Waals surface area (Å²) >= 11 is 0. The van der Waals surface area contributed by atoms with E-state index >= 15 is 0 Å². The van der Waals surface area contributed by atoms with Gasteiger partial charge in [0.2, 0.25) is 0 Å². The first-order valence-electron chi connectivity index (χ1n) is 12.3. The molecule has 10 nitrogen and oxygen atoms in total. The molecule has 5 rings (SSSR count). The summed E-state index contributed by atoms with van der Waals surface area (Å²) in [5.74, 6) is -0.606. The Hall–Kier alpha value is -5.03. The lowest BCUT2D eigenvalue weighted by Gasteiger charge is -2.14. The van der Waals surface area contributed by atoms with E-state index in [-0.39, 0.29) is 40.7 Å². The Balaban J connectivity index is 0.00000387. The van der Waals surface area contributed by atoms with Gasteiger partial charge in [-0.2, -0.15) is 5.10 Å². The lowest BCUT2D eigenvalue weighted by atomic mass is 9.92. The molecule has 0 aliphatic heterocycles. The Bertz CT molecular complexity index is 1750. The van der Waals surface area contributed by atoms with Crippen molar-refractivity contribution < 1.29 is 18.7 Å². The van der Waals surface area contributed by atoms with Crippen LogP contribution in [0.2, 0.25) is 0 Å². The van der Waals surface area contributed by atoms with Gasteiger partial charge in [-0.25, -0.2) is 13.9 Å². The quantitative estimate of drug-likeness (QED) is 0.220. The summed E-state index contributed by atoms with van der Waals surface area (Å²) in [6, 6.07) is 17.4. The molecular weight excluding hydrogens is 549 g/mol. The highest BCUT2D eigenvalue weighted by molar-refractivity contribution is 5.99. The van der Waals surface area contributed by atoms with Gasteiger partial charge < -0.3 is 15.8 Å². The van der Waals surface area contributed by atoms with Gasteiger partial charge in [0.15, 0.2) is 0 Å². The normalized spacial score (nSPS) is 11.0. The first kappa shape index (κ1) is 29.0. The van der Waals surface area contributed by atoms with E-state index in [0.29, 0.717) is 5.82 Å². The van der Waals surface area contributed by atoms with Gasteiger partial charge in [-0.3, -0.25) is 20.1 Å². The van der Waals surface area contributed by atoms with E-state index in [2.05, 4.69) is 20.6 Å². The Morgan fingerprint density at radius 1 is 0.927 bits per heavy atom. The number of urea groups is 1. The third-order valence-corrected chi connectivity index (χ3v) is 5.96. The number of fused-ring (bicyclic) bond motifs is 1. The van der Waals surface area contributed by atoms with E-state index in [1.54, 1.807) is 16.9 Å². The topological polar surface area (TPSA) is 137 Å². The number of aromatic nitrogens is 4. The predicted octanol–water partition coefficient (Wildman–Crippen LogP) is 6.21. The number of rotatable bonds is 6. The number of carbonyl (C=O) groups is 2. The molecule has 0 unspecified atom stereocenters. The van der Waals surface area contributed by atoms with Crippen LogP contribution >= 0.6 is 12.4 Å². The van der Waals surface area contributed by atoms with Crippen molar-refractivity contribution in [3.05, 3.63) is 96.3 Å². The molecule has 5 aromatic rings. The number of benzene rings is 2. The molecule has 3 aromatic heterocycles. The fourth-order valence-electron chi connectivity index (χ4n) is 3.90.